The Morgan fingerprint density at radius 2 is 1.76 bits per heavy atom. The summed E-state index contributed by atoms with van der Waals surface area (Å²) in [5.74, 6) is -0.868. The summed E-state index contributed by atoms with van der Waals surface area (Å²) in [7, 11) is -3.16. The third-order valence-corrected chi connectivity index (χ3v) is 6.99. The zero-order valence-electron chi connectivity index (χ0n) is 19.4. The number of ether oxygens (including phenoxy) is 1. The average Bonchev–Trinajstić information content (AvgIpc) is 2.84. The number of nitrogens with one attached hydrogen (secondary N) is 1. The van der Waals surface area contributed by atoms with Crippen LogP contribution in [0.25, 0.3) is 10.8 Å². The molecule has 0 radical (unpaired) electrons. The molecule has 4 rings (SSSR count). The van der Waals surface area contributed by atoms with E-state index in [0.717, 1.165) is 6.07 Å². The standard InChI is InChI=1S/C25H19Cl2N3O6S/c1-13-20(11-15(26)12-21(13)37(33,34)35)29-30-22-16-7-4-3-6-14(16)10-17(23(22)31)25(32)28-19-9-5-8-18(27)24(19)36-2/h3-12,31H,1-2H3,(H,28,32)(H,33,34,35). The van der Waals surface area contributed by atoms with Crippen molar-refractivity contribution >= 4 is 67.1 Å². The molecule has 0 aliphatic carbocycles. The van der Waals surface area contributed by atoms with Gasteiger partial charge in [-0.25, -0.2) is 0 Å². The smallest absolute Gasteiger partial charge is 0.294 e. The van der Waals surface area contributed by atoms with Gasteiger partial charge < -0.3 is 15.2 Å². The maximum Gasteiger partial charge on any atom is 0.294 e. The van der Waals surface area contributed by atoms with E-state index in [-0.39, 0.29) is 33.3 Å². The van der Waals surface area contributed by atoms with Gasteiger partial charge in [0.1, 0.15) is 10.6 Å². The average molecular weight is 560 g/mol. The Bertz CT molecular complexity index is 1690. The van der Waals surface area contributed by atoms with Gasteiger partial charge in [-0.15, -0.1) is 5.11 Å². The van der Waals surface area contributed by atoms with E-state index in [1.54, 1.807) is 42.5 Å². The van der Waals surface area contributed by atoms with Crippen LogP contribution < -0.4 is 10.1 Å². The Morgan fingerprint density at radius 3 is 2.46 bits per heavy atom. The van der Waals surface area contributed by atoms with E-state index >= 15 is 0 Å². The van der Waals surface area contributed by atoms with E-state index in [4.69, 9.17) is 27.9 Å². The second-order valence-corrected chi connectivity index (χ2v) is 10.1. The Kier molecular flexibility index (Phi) is 7.37. The van der Waals surface area contributed by atoms with Crippen molar-refractivity contribution in [1.82, 2.24) is 0 Å². The number of carbonyl (C=O) groups is 1. The lowest BCUT2D eigenvalue weighted by molar-refractivity contribution is 0.102. The van der Waals surface area contributed by atoms with Crippen molar-refractivity contribution < 1.29 is 27.6 Å². The number of phenolic OH excluding ortho intramolecular Hbond substituents is 1. The van der Waals surface area contributed by atoms with Gasteiger partial charge in [0.25, 0.3) is 16.0 Å². The SMILES string of the molecule is COc1c(Cl)cccc1NC(=O)c1cc2ccccc2c(N=Nc2cc(Cl)cc(S(=O)(=O)O)c2C)c1O. The summed E-state index contributed by atoms with van der Waals surface area (Å²) in [6.45, 7) is 1.42. The fourth-order valence-electron chi connectivity index (χ4n) is 3.71. The molecule has 4 aromatic carbocycles. The number of halogens is 2. The van der Waals surface area contributed by atoms with Gasteiger partial charge in [0, 0.05) is 10.4 Å². The highest BCUT2D eigenvalue weighted by Crippen LogP contribution is 2.41. The van der Waals surface area contributed by atoms with Crippen LogP contribution in [0.5, 0.6) is 11.5 Å². The molecule has 0 bridgehead atoms. The molecule has 4 aromatic rings. The molecule has 0 heterocycles. The third-order valence-electron chi connectivity index (χ3n) is 5.49. The molecule has 3 N–H and O–H groups in total. The molecular weight excluding hydrogens is 541 g/mol. The van der Waals surface area contributed by atoms with Crippen LogP contribution in [-0.2, 0) is 10.1 Å². The Hall–Kier alpha value is -3.70. The Morgan fingerprint density at radius 1 is 1.03 bits per heavy atom. The summed E-state index contributed by atoms with van der Waals surface area (Å²) in [6.07, 6.45) is 0. The van der Waals surface area contributed by atoms with Crippen molar-refractivity contribution in [2.24, 2.45) is 10.2 Å². The van der Waals surface area contributed by atoms with Crippen LogP contribution in [0, 0.1) is 6.92 Å². The number of amides is 1. The molecule has 12 heteroatoms. The lowest BCUT2D eigenvalue weighted by Gasteiger charge is -2.14. The molecule has 0 atom stereocenters. The largest absolute Gasteiger partial charge is 0.505 e. The first kappa shape index (κ1) is 26.4. The fraction of sp³-hybridized carbons (Fsp3) is 0.0800. The summed E-state index contributed by atoms with van der Waals surface area (Å²) >= 11 is 12.2. The van der Waals surface area contributed by atoms with Crippen LogP contribution in [0.2, 0.25) is 10.0 Å². The highest BCUT2D eigenvalue weighted by atomic mass is 35.5. The highest BCUT2D eigenvalue weighted by Gasteiger charge is 2.21. The predicted molar refractivity (Wildman–Crippen MR) is 142 cm³/mol. The molecule has 9 nitrogen and oxygen atoms in total. The van der Waals surface area contributed by atoms with Crippen molar-refractivity contribution in [2.75, 3.05) is 12.4 Å². The number of carbonyl (C=O) groups excluding carboxylic acids is 1. The van der Waals surface area contributed by atoms with Crippen molar-refractivity contribution in [3.63, 3.8) is 0 Å². The minimum absolute atomic E-state index is 0.00449. The minimum atomic E-state index is -4.57. The van der Waals surface area contributed by atoms with Gasteiger partial charge >= 0.3 is 0 Å². The van der Waals surface area contributed by atoms with E-state index in [1.807, 2.05) is 0 Å². The van der Waals surface area contributed by atoms with E-state index in [2.05, 4.69) is 15.5 Å². The zero-order chi connectivity index (χ0) is 26.9. The topological polar surface area (TPSA) is 138 Å². The number of rotatable bonds is 6. The number of azo groups is 1. The summed E-state index contributed by atoms with van der Waals surface area (Å²) in [5, 5.41) is 23.3. The molecular formula is C25H19Cl2N3O6S. The lowest BCUT2D eigenvalue weighted by Crippen LogP contribution is -2.13. The Labute approximate surface area is 222 Å². The molecule has 0 aliphatic rings. The van der Waals surface area contributed by atoms with Crippen LogP contribution in [0.3, 0.4) is 0 Å². The quantitative estimate of drug-likeness (QED) is 0.170. The predicted octanol–water partition coefficient (Wildman–Crippen LogP) is 7.08. The third kappa shape index (κ3) is 5.37. The van der Waals surface area contributed by atoms with Gasteiger partial charge in [0.15, 0.2) is 11.5 Å². The van der Waals surface area contributed by atoms with Crippen molar-refractivity contribution in [1.29, 1.82) is 0 Å². The number of anilines is 1. The number of phenols is 1. The van der Waals surface area contributed by atoms with Gasteiger partial charge in [0.2, 0.25) is 0 Å². The van der Waals surface area contributed by atoms with Gasteiger partial charge in [0.05, 0.1) is 29.1 Å². The summed E-state index contributed by atoms with van der Waals surface area (Å²) in [5.41, 5.74) is 0.303. The zero-order valence-corrected chi connectivity index (χ0v) is 21.7. The molecule has 0 spiro atoms. The maximum atomic E-state index is 13.2. The van der Waals surface area contributed by atoms with E-state index in [1.165, 1.54) is 26.2 Å². The molecule has 0 aliphatic heterocycles. The number of hydrogen-bond donors (Lipinski definition) is 3. The molecule has 0 unspecified atom stereocenters. The first-order chi connectivity index (χ1) is 17.5. The molecule has 0 saturated heterocycles. The summed E-state index contributed by atoms with van der Waals surface area (Å²) < 4.78 is 38.2. The minimum Gasteiger partial charge on any atom is -0.505 e. The molecule has 0 aromatic heterocycles. The van der Waals surface area contributed by atoms with E-state index in [9.17, 15) is 22.9 Å². The number of fused-ring (bicyclic) bond motifs is 1. The second kappa shape index (κ2) is 10.3. The number of methoxy groups -OCH3 is 1. The normalized spacial score (nSPS) is 11.7. The van der Waals surface area contributed by atoms with Gasteiger partial charge in [-0.05, 0) is 48.2 Å². The number of nitrogens with zero attached hydrogens (tertiary/aromatic N) is 2. The van der Waals surface area contributed by atoms with Gasteiger partial charge in [-0.2, -0.15) is 13.5 Å². The Balaban J connectivity index is 1.83. The first-order valence-corrected chi connectivity index (χ1v) is 12.8. The lowest BCUT2D eigenvalue weighted by atomic mass is 10.0. The number of benzene rings is 4. The van der Waals surface area contributed by atoms with Gasteiger partial charge in [-0.3, -0.25) is 9.35 Å². The summed E-state index contributed by atoms with van der Waals surface area (Å²) in [6, 6.07) is 15.7. The fourth-order valence-corrected chi connectivity index (χ4v) is 5.01. The highest BCUT2D eigenvalue weighted by molar-refractivity contribution is 7.85. The monoisotopic (exact) mass is 559 g/mol. The van der Waals surface area contributed by atoms with E-state index < -0.39 is 26.7 Å². The molecule has 0 saturated carbocycles. The summed E-state index contributed by atoms with van der Waals surface area (Å²) in [4.78, 5) is 12.8. The maximum absolute atomic E-state index is 13.2. The van der Waals surface area contributed by atoms with Gasteiger partial charge in [-0.1, -0.05) is 53.5 Å². The van der Waals surface area contributed by atoms with Crippen LogP contribution in [0.1, 0.15) is 15.9 Å². The van der Waals surface area contributed by atoms with Crippen LogP contribution in [-0.4, -0.2) is 31.1 Å². The van der Waals surface area contributed by atoms with Crippen molar-refractivity contribution in [3.05, 3.63) is 81.8 Å². The molecule has 0 fully saturated rings. The van der Waals surface area contributed by atoms with E-state index in [0.29, 0.717) is 21.5 Å². The van der Waals surface area contributed by atoms with Crippen LogP contribution >= 0.6 is 23.2 Å². The van der Waals surface area contributed by atoms with Crippen molar-refractivity contribution in [3.8, 4) is 11.5 Å². The molecule has 1 amide bonds. The number of aromatic hydroxyl groups is 1. The van der Waals surface area contributed by atoms with Crippen molar-refractivity contribution in [2.45, 2.75) is 11.8 Å². The number of para-hydroxylation sites is 1. The second-order valence-electron chi connectivity index (χ2n) is 7.84. The van der Waals surface area contributed by atoms with Crippen LogP contribution in [0.15, 0.2) is 75.8 Å². The van der Waals surface area contributed by atoms with Crippen LogP contribution in [0.4, 0.5) is 17.1 Å². The number of hydrogen-bond acceptors (Lipinski definition) is 7. The molecule has 37 heavy (non-hydrogen) atoms. The molecule has 190 valence electrons. The first-order valence-electron chi connectivity index (χ1n) is 10.6.